The molecule has 0 spiro atoms. The van der Waals surface area contributed by atoms with Gasteiger partial charge in [-0.2, -0.15) is 0 Å². The molecular formula is C15H17Cl2N3. The number of benzene rings is 1. The Balaban J connectivity index is 2.51. The Kier molecular flexibility index (Phi) is 4.84. The Morgan fingerprint density at radius 3 is 2.60 bits per heavy atom. The molecule has 0 saturated heterocycles. The molecule has 0 bridgehead atoms. The van der Waals surface area contributed by atoms with E-state index >= 15 is 0 Å². The number of hydrogen-bond donors (Lipinski definition) is 1. The van der Waals surface area contributed by atoms with Gasteiger partial charge in [0.15, 0.2) is 5.82 Å². The molecule has 0 aliphatic carbocycles. The van der Waals surface area contributed by atoms with E-state index in [2.05, 4.69) is 22.2 Å². The highest BCUT2D eigenvalue weighted by molar-refractivity contribution is 6.35. The number of anilines is 1. The third kappa shape index (κ3) is 3.22. The maximum Gasteiger partial charge on any atom is 0.163 e. The minimum atomic E-state index is 0.596. The molecule has 1 N–H and O–H groups in total. The normalized spacial score (nSPS) is 10.7. The second-order valence-electron chi connectivity index (χ2n) is 4.66. The Hall–Kier alpha value is -1.32. The Morgan fingerprint density at radius 2 is 1.90 bits per heavy atom. The standard InChI is InChI=1S/C15H17Cl2N3/c1-4-7-18-14-9(2)10(3)19-15(20-14)12-8-11(16)5-6-13(12)17/h5-6,8H,4,7H2,1-3H3,(H,18,19,20). The summed E-state index contributed by atoms with van der Waals surface area (Å²) in [6, 6.07) is 5.30. The molecule has 0 amide bonds. The zero-order valence-corrected chi connectivity index (χ0v) is 13.3. The first kappa shape index (κ1) is 15.1. The average molecular weight is 310 g/mol. The van der Waals surface area contributed by atoms with Gasteiger partial charge in [-0.05, 0) is 38.5 Å². The van der Waals surface area contributed by atoms with Crippen LogP contribution in [0.5, 0.6) is 0 Å². The van der Waals surface area contributed by atoms with Crippen LogP contribution in [0.25, 0.3) is 11.4 Å². The molecule has 0 saturated carbocycles. The maximum atomic E-state index is 6.22. The fourth-order valence-corrected chi connectivity index (χ4v) is 2.21. The van der Waals surface area contributed by atoms with E-state index in [0.29, 0.717) is 15.9 Å². The van der Waals surface area contributed by atoms with E-state index in [0.717, 1.165) is 35.6 Å². The molecule has 0 fully saturated rings. The number of aromatic nitrogens is 2. The zero-order chi connectivity index (χ0) is 14.7. The fraction of sp³-hybridized carbons (Fsp3) is 0.333. The molecule has 20 heavy (non-hydrogen) atoms. The highest BCUT2D eigenvalue weighted by Gasteiger charge is 2.12. The van der Waals surface area contributed by atoms with Crippen LogP contribution in [0.15, 0.2) is 18.2 Å². The maximum absolute atomic E-state index is 6.22. The molecule has 0 atom stereocenters. The van der Waals surface area contributed by atoms with Crippen LogP contribution >= 0.6 is 23.2 Å². The first-order valence-corrected chi connectivity index (χ1v) is 7.33. The van der Waals surface area contributed by atoms with Crippen molar-refractivity contribution in [2.24, 2.45) is 0 Å². The molecule has 0 aliphatic heterocycles. The molecule has 1 aromatic carbocycles. The van der Waals surface area contributed by atoms with Crippen molar-refractivity contribution < 1.29 is 0 Å². The second kappa shape index (κ2) is 6.42. The second-order valence-corrected chi connectivity index (χ2v) is 5.50. The average Bonchev–Trinajstić information content (AvgIpc) is 2.43. The van der Waals surface area contributed by atoms with Crippen LogP contribution in [0.2, 0.25) is 10.0 Å². The first-order valence-electron chi connectivity index (χ1n) is 6.57. The molecule has 0 aliphatic rings. The van der Waals surface area contributed by atoms with E-state index in [-0.39, 0.29) is 0 Å². The van der Waals surface area contributed by atoms with Gasteiger partial charge in [0.1, 0.15) is 5.82 Å². The summed E-state index contributed by atoms with van der Waals surface area (Å²) in [6.07, 6.45) is 1.04. The van der Waals surface area contributed by atoms with E-state index in [9.17, 15) is 0 Å². The van der Waals surface area contributed by atoms with Gasteiger partial charge in [-0.15, -0.1) is 0 Å². The van der Waals surface area contributed by atoms with Crippen LogP contribution in [-0.4, -0.2) is 16.5 Å². The predicted molar refractivity (Wildman–Crippen MR) is 85.7 cm³/mol. The van der Waals surface area contributed by atoms with Crippen LogP contribution in [0, 0.1) is 13.8 Å². The summed E-state index contributed by atoms with van der Waals surface area (Å²) in [4.78, 5) is 9.10. The smallest absolute Gasteiger partial charge is 0.163 e. The number of hydrogen-bond acceptors (Lipinski definition) is 3. The van der Waals surface area contributed by atoms with E-state index in [1.165, 1.54) is 0 Å². The number of aryl methyl sites for hydroxylation is 1. The number of nitrogens with zero attached hydrogens (tertiary/aromatic N) is 2. The van der Waals surface area contributed by atoms with E-state index in [1.807, 2.05) is 13.8 Å². The summed E-state index contributed by atoms with van der Waals surface area (Å²) < 4.78 is 0. The Morgan fingerprint density at radius 1 is 1.15 bits per heavy atom. The summed E-state index contributed by atoms with van der Waals surface area (Å²) in [5, 5.41) is 4.54. The van der Waals surface area contributed by atoms with Gasteiger partial charge in [0.05, 0.1) is 5.02 Å². The molecule has 0 unspecified atom stereocenters. The monoisotopic (exact) mass is 309 g/mol. The van der Waals surface area contributed by atoms with Gasteiger partial charge in [-0.25, -0.2) is 9.97 Å². The van der Waals surface area contributed by atoms with Crippen molar-refractivity contribution in [1.82, 2.24) is 9.97 Å². The van der Waals surface area contributed by atoms with Crippen LogP contribution < -0.4 is 5.32 Å². The van der Waals surface area contributed by atoms with Gasteiger partial charge in [-0.3, -0.25) is 0 Å². The highest BCUT2D eigenvalue weighted by Crippen LogP contribution is 2.30. The lowest BCUT2D eigenvalue weighted by molar-refractivity contribution is 0.955. The highest BCUT2D eigenvalue weighted by atomic mass is 35.5. The number of nitrogens with one attached hydrogen (secondary N) is 1. The number of halogens is 2. The Bertz CT molecular complexity index is 627. The van der Waals surface area contributed by atoms with E-state index in [4.69, 9.17) is 23.2 Å². The van der Waals surface area contributed by atoms with Gasteiger partial charge < -0.3 is 5.32 Å². The van der Waals surface area contributed by atoms with Crippen molar-refractivity contribution >= 4 is 29.0 Å². The molecular weight excluding hydrogens is 293 g/mol. The summed E-state index contributed by atoms with van der Waals surface area (Å²) in [5.41, 5.74) is 2.74. The molecule has 1 aromatic heterocycles. The lowest BCUT2D eigenvalue weighted by atomic mass is 10.2. The zero-order valence-electron chi connectivity index (χ0n) is 11.8. The minimum absolute atomic E-state index is 0.596. The van der Waals surface area contributed by atoms with Crippen molar-refractivity contribution in [1.29, 1.82) is 0 Å². The molecule has 5 heteroatoms. The molecule has 106 valence electrons. The van der Waals surface area contributed by atoms with E-state index in [1.54, 1.807) is 18.2 Å². The molecule has 0 radical (unpaired) electrons. The quantitative estimate of drug-likeness (QED) is 0.873. The molecule has 2 aromatic rings. The molecule has 2 rings (SSSR count). The van der Waals surface area contributed by atoms with Crippen LogP contribution in [0.4, 0.5) is 5.82 Å². The number of rotatable bonds is 4. The van der Waals surface area contributed by atoms with Crippen LogP contribution in [-0.2, 0) is 0 Å². The van der Waals surface area contributed by atoms with E-state index < -0.39 is 0 Å². The van der Waals surface area contributed by atoms with Gasteiger partial charge in [-0.1, -0.05) is 30.1 Å². The molecule has 1 heterocycles. The van der Waals surface area contributed by atoms with Crippen LogP contribution in [0.1, 0.15) is 24.6 Å². The largest absolute Gasteiger partial charge is 0.370 e. The summed E-state index contributed by atoms with van der Waals surface area (Å²) in [5.74, 6) is 1.45. The van der Waals surface area contributed by atoms with Gasteiger partial charge in [0, 0.05) is 28.4 Å². The predicted octanol–water partition coefficient (Wildman–Crippen LogP) is 4.89. The van der Waals surface area contributed by atoms with Crippen molar-refractivity contribution in [3.05, 3.63) is 39.5 Å². The Labute approximate surface area is 129 Å². The summed E-state index contributed by atoms with van der Waals surface area (Å²) in [7, 11) is 0. The van der Waals surface area contributed by atoms with Gasteiger partial charge in [0.25, 0.3) is 0 Å². The van der Waals surface area contributed by atoms with Crippen LogP contribution in [0.3, 0.4) is 0 Å². The van der Waals surface area contributed by atoms with Crippen molar-refractivity contribution in [3.8, 4) is 11.4 Å². The van der Waals surface area contributed by atoms with Gasteiger partial charge >= 0.3 is 0 Å². The SMILES string of the molecule is CCCNc1nc(-c2cc(Cl)ccc2Cl)nc(C)c1C. The third-order valence-electron chi connectivity index (χ3n) is 3.10. The lowest BCUT2D eigenvalue weighted by Gasteiger charge is -2.12. The molecule has 3 nitrogen and oxygen atoms in total. The third-order valence-corrected chi connectivity index (χ3v) is 3.67. The van der Waals surface area contributed by atoms with Crippen molar-refractivity contribution in [2.75, 3.05) is 11.9 Å². The van der Waals surface area contributed by atoms with Crippen molar-refractivity contribution in [2.45, 2.75) is 27.2 Å². The van der Waals surface area contributed by atoms with Crippen molar-refractivity contribution in [3.63, 3.8) is 0 Å². The summed E-state index contributed by atoms with van der Waals surface area (Å²) >= 11 is 12.3. The van der Waals surface area contributed by atoms with Gasteiger partial charge in [0.2, 0.25) is 0 Å². The topological polar surface area (TPSA) is 37.8 Å². The first-order chi connectivity index (χ1) is 9.52. The lowest BCUT2D eigenvalue weighted by Crippen LogP contribution is -2.07. The minimum Gasteiger partial charge on any atom is -0.370 e. The summed E-state index contributed by atoms with van der Waals surface area (Å²) in [6.45, 7) is 6.97. The fourth-order valence-electron chi connectivity index (χ4n) is 1.83.